The van der Waals surface area contributed by atoms with Gasteiger partial charge in [0.2, 0.25) is 0 Å². The van der Waals surface area contributed by atoms with Crippen LogP contribution in [-0.2, 0) is 0 Å². The van der Waals surface area contributed by atoms with E-state index in [0.717, 1.165) is 4.90 Å². The molecule has 1 aliphatic heterocycles. The van der Waals surface area contributed by atoms with Crippen molar-refractivity contribution in [3.05, 3.63) is 35.0 Å². The van der Waals surface area contributed by atoms with Crippen molar-refractivity contribution in [2.24, 2.45) is 0 Å². The van der Waals surface area contributed by atoms with Crippen LogP contribution in [0.3, 0.4) is 0 Å². The molecule has 0 saturated carbocycles. The van der Waals surface area contributed by atoms with Gasteiger partial charge in [0.05, 0.1) is 0 Å². The Morgan fingerprint density at radius 2 is 2.18 bits per heavy atom. The van der Waals surface area contributed by atoms with Crippen molar-refractivity contribution in [2.45, 2.75) is 4.90 Å². The van der Waals surface area contributed by atoms with Crippen LogP contribution < -0.4 is 0 Å². The molecule has 3 heteroatoms. The molecule has 1 aromatic rings. The lowest BCUT2D eigenvalue weighted by atomic mass is 10.2. The lowest BCUT2D eigenvalue weighted by Gasteiger charge is -2.05. The molecule has 0 saturated heterocycles. The van der Waals surface area contributed by atoms with Gasteiger partial charge in [-0.15, -0.1) is 11.2 Å². The fourth-order valence-corrected chi connectivity index (χ4v) is 2.23. The Kier molecular flexibility index (Phi) is 1.47. The highest BCUT2D eigenvalue weighted by atomic mass is 32.2. The van der Waals surface area contributed by atoms with E-state index in [1.165, 1.54) is 6.07 Å². The molecule has 1 nitrogen and oxygen atoms in total. The Morgan fingerprint density at radius 1 is 1.36 bits per heavy atom. The molecular weight excluding hydrogens is 163 g/mol. The highest BCUT2D eigenvalue weighted by molar-refractivity contribution is 8.15. The molecule has 1 atom stereocenters. The summed E-state index contributed by atoms with van der Waals surface area (Å²) >= 11 is -1.22. The second kappa shape index (κ2) is 2.36. The molecule has 0 radical (unpaired) electrons. The van der Waals surface area contributed by atoms with Crippen molar-refractivity contribution in [3.63, 3.8) is 0 Å². The Labute approximate surface area is 66.7 Å². The third-order valence-corrected chi connectivity index (χ3v) is 2.97. The zero-order valence-electron chi connectivity index (χ0n) is 5.66. The van der Waals surface area contributed by atoms with Gasteiger partial charge in [-0.3, -0.25) is 0 Å². The zero-order chi connectivity index (χ0) is 7.84. The maximum atomic E-state index is 12.9. The number of rotatable bonds is 0. The van der Waals surface area contributed by atoms with Gasteiger partial charge >= 0.3 is 0 Å². The molecule has 0 fully saturated rings. The van der Waals surface area contributed by atoms with Crippen molar-refractivity contribution in [1.82, 2.24) is 0 Å². The fourth-order valence-electron chi connectivity index (χ4n) is 1.12. The van der Waals surface area contributed by atoms with Crippen LogP contribution in [0.15, 0.2) is 28.5 Å². The van der Waals surface area contributed by atoms with Crippen molar-refractivity contribution in [1.29, 1.82) is 0 Å². The molecule has 1 N–H and O–H groups in total. The summed E-state index contributed by atoms with van der Waals surface area (Å²) in [5.74, 6) is -0.252. The maximum Gasteiger partial charge on any atom is 0.131 e. The van der Waals surface area contributed by atoms with E-state index < -0.39 is 11.2 Å². The van der Waals surface area contributed by atoms with E-state index in [1.54, 1.807) is 23.6 Å². The average Bonchev–Trinajstić information content (AvgIpc) is 2.35. The first-order chi connectivity index (χ1) is 5.29. The number of hydrogen-bond donors (Lipinski definition) is 2. The summed E-state index contributed by atoms with van der Waals surface area (Å²) in [5, 5.41) is 1.64. The van der Waals surface area contributed by atoms with Gasteiger partial charge in [0.25, 0.3) is 0 Å². The third kappa shape index (κ3) is 0.968. The average molecular weight is 170 g/mol. The van der Waals surface area contributed by atoms with Crippen molar-refractivity contribution in [3.8, 4) is 0 Å². The number of thiol groups is 1. The van der Waals surface area contributed by atoms with E-state index in [-0.39, 0.29) is 5.82 Å². The first-order valence-corrected chi connectivity index (χ1v) is 4.60. The summed E-state index contributed by atoms with van der Waals surface area (Å²) in [6.07, 6.45) is 1.64. The summed E-state index contributed by atoms with van der Waals surface area (Å²) in [5.41, 5.74) is 0.543. The number of fused-ring (bicyclic) bond motifs is 1. The third-order valence-electron chi connectivity index (χ3n) is 1.66. The number of benzene rings is 1. The SMILES string of the molecule is O[SH]1C=Cc2c(F)cccc21. The lowest BCUT2D eigenvalue weighted by Crippen LogP contribution is -1.82. The molecule has 2 rings (SSSR count). The second-order valence-electron chi connectivity index (χ2n) is 2.33. The van der Waals surface area contributed by atoms with Gasteiger partial charge in [-0.2, -0.15) is 0 Å². The van der Waals surface area contributed by atoms with E-state index >= 15 is 0 Å². The topological polar surface area (TPSA) is 20.2 Å². The summed E-state index contributed by atoms with van der Waals surface area (Å²) in [6.45, 7) is 0. The van der Waals surface area contributed by atoms with Gasteiger partial charge in [0.1, 0.15) is 5.82 Å². The molecule has 58 valence electrons. The molecule has 0 spiro atoms. The molecular formula is C8H7FOS. The molecule has 0 bridgehead atoms. The predicted octanol–water partition coefficient (Wildman–Crippen LogP) is 2.64. The smallest absolute Gasteiger partial charge is 0.131 e. The highest BCUT2D eigenvalue weighted by Gasteiger charge is 2.13. The predicted molar refractivity (Wildman–Crippen MR) is 45.3 cm³/mol. The molecule has 0 aromatic heterocycles. The maximum absolute atomic E-state index is 12.9. The van der Waals surface area contributed by atoms with Crippen LogP contribution >= 0.6 is 11.2 Å². The van der Waals surface area contributed by atoms with Gasteiger partial charge in [-0.1, -0.05) is 6.07 Å². The standard InChI is InChI=1S/C8H7FOS/c9-7-2-1-3-8-6(7)4-5-11(8)10/h1-5,10-11H. The summed E-state index contributed by atoms with van der Waals surface area (Å²) in [7, 11) is 0. The van der Waals surface area contributed by atoms with Crippen LogP contribution in [0.2, 0.25) is 0 Å². The van der Waals surface area contributed by atoms with Crippen LogP contribution in [0.25, 0.3) is 6.08 Å². The second-order valence-corrected chi connectivity index (χ2v) is 3.80. The van der Waals surface area contributed by atoms with Crippen molar-refractivity contribution >= 4 is 17.3 Å². The summed E-state index contributed by atoms with van der Waals surface area (Å²) in [6, 6.07) is 4.77. The molecule has 11 heavy (non-hydrogen) atoms. The zero-order valence-corrected chi connectivity index (χ0v) is 6.55. The summed E-state index contributed by atoms with van der Waals surface area (Å²) in [4.78, 5) is 0.722. The Balaban J connectivity index is 2.65. The number of hydrogen-bond acceptors (Lipinski definition) is 1. The van der Waals surface area contributed by atoms with Gasteiger partial charge in [0.15, 0.2) is 0 Å². The monoisotopic (exact) mass is 170 g/mol. The fraction of sp³-hybridized carbons (Fsp3) is 0. The Hall–Kier alpha value is -0.800. The van der Waals surface area contributed by atoms with Crippen LogP contribution in [0, 0.1) is 5.82 Å². The van der Waals surface area contributed by atoms with Gasteiger partial charge in [0, 0.05) is 10.5 Å². The first-order valence-electron chi connectivity index (χ1n) is 3.24. The van der Waals surface area contributed by atoms with E-state index in [1.807, 2.05) is 0 Å². The van der Waals surface area contributed by atoms with E-state index in [2.05, 4.69) is 0 Å². The molecule has 1 heterocycles. The molecule has 1 aliphatic rings. The first kappa shape index (κ1) is 6.88. The van der Waals surface area contributed by atoms with Crippen molar-refractivity contribution in [2.75, 3.05) is 0 Å². The van der Waals surface area contributed by atoms with Crippen LogP contribution in [0.5, 0.6) is 0 Å². The Bertz CT molecular complexity index is 322. The van der Waals surface area contributed by atoms with Crippen LogP contribution in [0.1, 0.15) is 5.56 Å². The molecule has 0 aliphatic carbocycles. The van der Waals surface area contributed by atoms with Crippen LogP contribution in [0.4, 0.5) is 4.39 Å². The van der Waals surface area contributed by atoms with Gasteiger partial charge < -0.3 is 4.55 Å². The normalized spacial score (nSPS) is 23.6. The van der Waals surface area contributed by atoms with E-state index in [9.17, 15) is 8.94 Å². The Morgan fingerprint density at radius 3 is 2.91 bits per heavy atom. The lowest BCUT2D eigenvalue weighted by molar-refractivity contribution is 0.618. The van der Waals surface area contributed by atoms with Crippen molar-refractivity contribution < 1.29 is 8.94 Å². The number of halogens is 1. The van der Waals surface area contributed by atoms with E-state index in [0.29, 0.717) is 5.56 Å². The quantitative estimate of drug-likeness (QED) is 0.573. The van der Waals surface area contributed by atoms with Gasteiger partial charge in [-0.05, 0) is 23.6 Å². The molecule has 1 aromatic carbocycles. The molecule has 1 unspecified atom stereocenters. The minimum absolute atomic E-state index is 0.252. The minimum Gasteiger partial charge on any atom is -0.346 e. The minimum atomic E-state index is -1.22. The van der Waals surface area contributed by atoms with E-state index in [4.69, 9.17) is 0 Å². The highest BCUT2D eigenvalue weighted by Crippen LogP contribution is 2.43. The van der Waals surface area contributed by atoms with Crippen LogP contribution in [-0.4, -0.2) is 4.55 Å². The molecule has 0 amide bonds. The summed E-state index contributed by atoms with van der Waals surface area (Å²) < 4.78 is 22.2. The van der Waals surface area contributed by atoms with Gasteiger partial charge in [-0.25, -0.2) is 4.39 Å². The largest absolute Gasteiger partial charge is 0.346 e.